The van der Waals surface area contributed by atoms with E-state index in [-0.39, 0.29) is 0 Å². The number of carbonyl (C=O) groups excluding carboxylic acids is 1. The van der Waals surface area contributed by atoms with Gasteiger partial charge in [-0.3, -0.25) is 4.68 Å². The first-order valence-electron chi connectivity index (χ1n) is 9.58. The molecule has 2 amide bonds. The number of nitrogens with one attached hydrogen (secondary N) is 2. The Morgan fingerprint density at radius 1 is 0.833 bits per heavy atom. The van der Waals surface area contributed by atoms with Crippen LogP contribution in [0.3, 0.4) is 0 Å². The van der Waals surface area contributed by atoms with Crippen molar-refractivity contribution in [1.29, 1.82) is 0 Å². The van der Waals surface area contributed by atoms with E-state index in [1.165, 1.54) is 6.20 Å². The summed E-state index contributed by atoms with van der Waals surface area (Å²) in [5, 5.41) is 10.3. The molecule has 0 saturated carbocycles. The van der Waals surface area contributed by atoms with Gasteiger partial charge in [0.15, 0.2) is 0 Å². The maximum Gasteiger partial charge on any atom is 0.364 e. The van der Waals surface area contributed by atoms with E-state index >= 15 is 0 Å². The zero-order valence-electron chi connectivity index (χ0n) is 16.5. The Labute approximate surface area is 175 Å². The lowest BCUT2D eigenvalue weighted by Crippen LogP contribution is -2.39. The van der Waals surface area contributed by atoms with Gasteiger partial charge in [0.25, 0.3) is 0 Å². The molecule has 0 aliphatic heterocycles. The third-order valence-corrected chi connectivity index (χ3v) is 5.11. The van der Waals surface area contributed by atoms with E-state index in [2.05, 4.69) is 52.1 Å². The van der Waals surface area contributed by atoms with Gasteiger partial charge >= 0.3 is 6.03 Å². The quantitative estimate of drug-likeness (QED) is 0.474. The van der Waals surface area contributed by atoms with E-state index in [0.29, 0.717) is 11.5 Å². The third kappa shape index (κ3) is 3.51. The van der Waals surface area contributed by atoms with E-state index in [4.69, 9.17) is 0 Å². The van der Waals surface area contributed by atoms with Gasteiger partial charge in [-0.1, -0.05) is 96.7 Å². The highest BCUT2D eigenvalue weighted by molar-refractivity contribution is 5.90. The van der Waals surface area contributed by atoms with Crippen molar-refractivity contribution in [2.24, 2.45) is 7.05 Å². The zero-order chi connectivity index (χ0) is 21.0. The van der Waals surface area contributed by atoms with Crippen LogP contribution in [-0.2, 0) is 12.6 Å². The molecule has 2 radical (unpaired) electrons. The number of anilines is 2. The van der Waals surface area contributed by atoms with Crippen LogP contribution in [0.25, 0.3) is 0 Å². The molecule has 0 fully saturated rings. The molecule has 0 atom stereocenters. The van der Waals surface area contributed by atoms with Gasteiger partial charge in [0.05, 0.1) is 6.20 Å². The largest absolute Gasteiger partial charge is 0.364 e. The SMILES string of the molecule is Cn1ncc(NC([N])=O)c1NC(c1ccccc1)(c1ccccc1)c1ccccc1. The van der Waals surface area contributed by atoms with Crippen molar-refractivity contribution in [2.75, 3.05) is 10.6 Å². The van der Waals surface area contributed by atoms with Crippen molar-refractivity contribution >= 4 is 17.5 Å². The second kappa shape index (κ2) is 8.13. The molecule has 30 heavy (non-hydrogen) atoms. The average Bonchev–Trinajstić information content (AvgIpc) is 3.12. The number of nitrogens with zero attached hydrogens (tertiary/aromatic N) is 3. The first kappa shape index (κ1) is 19.3. The number of aromatic nitrogens is 2. The fraction of sp³-hybridized carbons (Fsp3) is 0.0833. The normalized spacial score (nSPS) is 11.1. The maximum atomic E-state index is 11.3. The fourth-order valence-electron chi connectivity index (χ4n) is 3.75. The molecule has 2 N–H and O–H groups in total. The molecule has 3 aromatic carbocycles. The molecule has 4 rings (SSSR count). The van der Waals surface area contributed by atoms with Crippen molar-refractivity contribution < 1.29 is 4.79 Å². The fourth-order valence-corrected chi connectivity index (χ4v) is 3.75. The lowest BCUT2D eigenvalue weighted by molar-refractivity contribution is 0.258. The molecule has 148 valence electrons. The highest BCUT2D eigenvalue weighted by Gasteiger charge is 2.37. The van der Waals surface area contributed by atoms with Crippen molar-refractivity contribution in [3.05, 3.63) is 114 Å². The summed E-state index contributed by atoms with van der Waals surface area (Å²) in [5.41, 5.74) is 11.9. The van der Waals surface area contributed by atoms with E-state index in [1.807, 2.05) is 54.6 Å². The van der Waals surface area contributed by atoms with Crippen molar-refractivity contribution in [1.82, 2.24) is 15.5 Å². The van der Waals surface area contributed by atoms with Crippen LogP contribution in [0.4, 0.5) is 16.3 Å². The first-order chi connectivity index (χ1) is 14.6. The summed E-state index contributed by atoms with van der Waals surface area (Å²) in [6.45, 7) is 0. The van der Waals surface area contributed by atoms with Crippen LogP contribution in [0.15, 0.2) is 97.2 Å². The number of urea groups is 1. The van der Waals surface area contributed by atoms with E-state index in [1.54, 1.807) is 11.7 Å². The standard InChI is InChI=1S/C24H21N5O/c1-29-22(21(17-26-29)27-23(25)30)28-24(18-11-5-2-6-12-18,19-13-7-3-8-14-19)20-15-9-4-10-16-20/h2-17,28H,1H3,(H,27,30). The minimum atomic E-state index is -1.14. The minimum absolute atomic E-state index is 0.386. The number of carbonyl (C=O) groups is 1. The van der Waals surface area contributed by atoms with Crippen LogP contribution in [0.5, 0.6) is 0 Å². The summed E-state index contributed by atoms with van der Waals surface area (Å²) in [7, 11) is 1.78. The molecule has 6 nitrogen and oxygen atoms in total. The van der Waals surface area contributed by atoms with Gasteiger partial charge in [-0.15, -0.1) is 0 Å². The maximum absolute atomic E-state index is 11.3. The summed E-state index contributed by atoms with van der Waals surface area (Å²) in [5.74, 6) is 0.564. The van der Waals surface area contributed by atoms with Crippen molar-refractivity contribution in [2.45, 2.75) is 5.54 Å². The molecule has 0 aliphatic carbocycles. The van der Waals surface area contributed by atoms with Gasteiger partial charge in [-0.05, 0) is 16.7 Å². The summed E-state index contributed by atoms with van der Waals surface area (Å²) < 4.78 is 1.63. The van der Waals surface area contributed by atoms with Crippen molar-refractivity contribution in [3.63, 3.8) is 0 Å². The van der Waals surface area contributed by atoms with Crippen LogP contribution in [0.2, 0.25) is 0 Å². The van der Waals surface area contributed by atoms with Crippen LogP contribution >= 0.6 is 0 Å². The lowest BCUT2D eigenvalue weighted by Gasteiger charge is -2.38. The average molecular weight is 395 g/mol. The number of hydrogen-bond donors (Lipinski definition) is 2. The molecule has 0 aliphatic rings. The van der Waals surface area contributed by atoms with Gasteiger partial charge in [-0.25, -0.2) is 4.79 Å². The molecule has 0 unspecified atom stereocenters. The molecule has 0 saturated heterocycles. The topological polar surface area (TPSA) is 81.2 Å². The van der Waals surface area contributed by atoms with E-state index in [9.17, 15) is 10.5 Å². The number of benzene rings is 3. The summed E-state index contributed by atoms with van der Waals surface area (Å²) in [4.78, 5) is 11.3. The highest BCUT2D eigenvalue weighted by atomic mass is 16.2. The molecule has 4 aromatic rings. The van der Waals surface area contributed by atoms with Crippen LogP contribution in [0.1, 0.15) is 16.7 Å². The van der Waals surface area contributed by atoms with Gasteiger partial charge in [0.1, 0.15) is 17.0 Å². The molecular weight excluding hydrogens is 374 g/mol. The molecular formula is C24H21N5O. The van der Waals surface area contributed by atoms with Crippen LogP contribution in [0, 0.1) is 0 Å². The third-order valence-electron chi connectivity index (χ3n) is 5.11. The first-order valence-corrected chi connectivity index (χ1v) is 9.58. The summed E-state index contributed by atoms with van der Waals surface area (Å²) >= 11 is 0. The Bertz CT molecular complexity index is 1030. The van der Waals surface area contributed by atoms with Gasteiger partial charge < -0.3 is 10.6 Å². The van der Waals surface area contributed by atoms with Gasteiger partial charge in [0, 0.05) is 7.05 Å². The second-order valence-electron chi connectivity index (χ2n) is 6.93. The van der Waals surface area contributed by atoms with Crippen LogP contribution in [-0.4, -0.2) is 15.8 Å². The molecule has 1 heterocycles. The minimum Gasteiger partial charge on any atom is -0.351 e. The summed E-state index contributed by atoms with van der Waals surface area (Å²) in [6.07, 6.45) is 1.50. The van der Waals surface area contributed by atoms with Gasteiger partial charge in [0.2, 0.25) is 0 Å². The Hall–Kier alpha value is -4.06. The summed E-state index contributed by atoms with van der Waals surface area (Å²) in [6, 6.07) is 29.2. The van der Waals surface area contributed by atoms with E-state index < -0.39 is 11.6 Å². The number of amides is 2. The molecule has 0 spiro atoms. The monoisotopic (exact) mass is 395 g/mol. The molecule has 1 aromatic heterocycles. The zero-order valence-corrected chi connectivity index (χ0v) is 16.5. The van der Waals surface area contributed by atoms with Crippen molar-refractivity contribution in [3.8, 4) is 0 Å². The molecule has 6 heteroatoms. The Kier molecular flexibility index (Phi) is 5.22. The Morgan fingerprint density at radius 3 is 1.67 bits per heavy atom. The number of rotatable bonds is 6. The highest BCUT2D eigenvalue weighted by Crippen LogP contribution is 2.41. The van der Waals surface area contributed by atoms with Crippen LogP contribution < -0.4 is 16.4 Å². The Balaban J connectivity index is 1.99. The predicted molar refractivity (Wildman–Crippen MR) is 117 cm³/mol. The van der Waals surface area contributed by atoms with E-state index in [0.717, 1.165) is 16.7 Å². The van der Waals surface area contributed by atoms with Gasteiger partial charge in [-0.2, -0.15) is 5.10 Å². The number of hydrogen-bond acceptors (Lipinski definition) is 3. The lowest BCUT2D eigenvalue weighted by atomic mass is 9.77. The second-order valence-corrected chi connectivity index (χ2v) is 6.93. The number of aryl methyl sites for hydroxylation is 1. The smallest absolute Gasteiger partial charge is 0.351 e. The Morgan fingerprint density at radius 2 is 1.27 bits per heavy atom. The predicted octanol–water partition coefficient (Wildman–Crippen LogP) is 4.42. The molecule has 0 bridgehead atoms.